The van der Waals surface area contributed by atoms with Crippen LogP contribution in [0.2, 0.25) is 0 Å². The Kier molecular flexibility index (Phi) is 4.29. The summed E-state index contributed by atoms with van der Waals surface area (Å²) in [7, 11) is 0. The number of nitrogens with one attached hydrogen (secondary N) is 1. The zero-order valence-electron chi connectivity index (χ0n) is 14.8. The largest absolute Gasteiger partial charge is 0.343 e. The first kappa shape index (κ1) is 16.8. The minimum absolute atomic E-state index is 0.105. The Labute approximate surface area is 154 Å². The maximum atomic E-state index is 12.7. The van der Waals surface area contributed by atoms with E-state index in [9.17, 15) is 4.79 Å². The van der Waals surface area contributed by atoms with E-state index in [0.29, 0.717) is 11.4 Å². The number of amides is 1. The van der Waals surface area contributed by atoms with Crippen LogP contribution in [-0.2, 0) is 6.54 Å². The van der Waals surface area contributed by atoms with Gasteiger partial charge in [0.2, 0.25) is 17.5 Å². The van der Waals surface area contributed by atoms with Gasteiger partial charge in [-0.15, -0.1) is 0 Å². The molecule has 0 fully saturated rings. The van der Waals surface area contributed by atoms with Crippen molar-refractivity contribution >= 4 is 16.8 Å². The third-order valence-electron chi connectivity index (χ3n) is 4.05. The molecule has 134 valence electrons. The highest BCUT2D eigenvalue weighted by Gasteiger charge is 2.15. The molecule has 0 saturated heterocycles. The summed E-state index contributed by atoms with van der Waals surface area (Å²) in [6.07, 6.45) is 3.19. The Morgan fingerprint density at radius 2 is 1.89 bits per heavy atom. The van der Waals surface area contributed by atoms with Crippen LogP contribution in [0.5, 0.6) is 0 Å². The summed E-state index contributed by atoms with van der Waals surface area (Å²) in [4.78, 5) is 29.6. The average molecular weight is 360 g/mol. The Balaban J connectivity index is 1.55. The molecular weight excluding hydrogens is 344 g/mol. The molecule has 8 nitrogen and oxygen atoms in total. The number of pyridine rings is 1. The molecular formula is C19H16N6O2. The molecule has 1 aromatic carbocycles. The standard InChI is InChI=1S/C19H16N6O2/c1-11-5-3-6-13-14(9-12(2)23-16(11)13)19(26)22-10-15-24-18(25-27-15)17-20-7-4-8-21-17/h3-9H,10H2,1-2H3,(H,22,26). The van der Waals surface area contributed by atoms with Gasteiger partial charge in [0.25, 0.3) is 5.91 Å². The fourth-order valence-electron chi connectivity index (χ4n) is 2.79. The van der Waals surface area contributed by atoms with E-state index in [4.69, 9.17) is 4.52 Å². The van der Waals surface area contributed by atoms with Gasteiger partial charge < -0.3 is 9.84 Å². The lowest BCUT2D eigenvalue weighted by atomic mass is 10.0. The number of rotatable bonds is 4. The minimum Gasteiger partial charge on any atom is -0.343 e. The van der Waals surface area contributed by atoms with Crippen molar-refractivity contribution in [3.63, 3.8) is 0 Å². The van der Waals surface area contributed by atoms with Crippen molar-refractivity contribution in [1.29, 1.82) is 0 Å². The summed E-state index contributed by atoms with van der Waals surface area (Å²) in [5.74, 6) is 0.689. The van der Waals surface area contributed by atoms with Gasteiger partial charge in [0, 0.05) is 23.5 Å². The molecule has 0 aliphatic carbocycles. The monoisotopic (exact) mass is 360 g/mol. The van der Waals surface area contributed by atoms with Crippen LogP contribution in [0.15, 0.2) is 47.2 Å². The van der Waals surface area contributed by atoms with E-state index in [2.05, 4.69) is 30.4 Å². The van der Waals surface area contributed by atoms with Gasteiger partial charge in [0.05, 0.1) is 17.6 Å². The molecule has 0 aliphatic rings. The molecule has 3 heterocycles. The van der Waals surface area contributed by atoms with Crippen molar-refractivity contribution in [3.8, 4) is 11.6 Å². The molecule has 1 amide bonds. The number of benzene rings is 1. The van der Waals surface area contributed by atoms with Gasteiger partial charge in [-0.2, -0.15) is 4.98 Å². The number of fused-ring (bicyclic) bond motifs is 1. The van der Waals surface area contributed by atoms with Gasteiger partial charge >= 0.3 is 0 Å². The van der Waals surface area contributed by atoms with Crippen LogP contribution in [0.3, 0.4) is 0 Å². The molecule has 0 aliphatic heterocycles. The number of carbonyl (C=O) groups is 1. The third-order valence-corrected chi connectivity index (χ3v) is 4.05. The van der Waals surface area contributed by atoms with E-state index < -0.39 is 0 Å². The summed E-state index contributed by atoms with van der Waals surface area (Å²) >= 11 is 0. The highest BCUT2D eigenvalue weighted by Crippen LogP contribution is 2.21. The first-order chi connectivity index (χ1) is 13.1. The first-order valence-electron chi connectivity index (χ1n) is 8.37. The van der Waals surface area contributed by atoms with Gasteiger partial charge in [-0.05, 0) is 31.5 Å². The molecule has 0 bridgehead atoms. The number of aromatic nitrogens is 5. The minimum atomic E-state index is -0.230. The number of hydrogen-bond acceptors (Lipinski definition) is 7. The molecule has 0 saturated carbocycles. The zero-order valence-corrected chi connectivity index (χ0v) is 14.8. The van der Waals surface area contributed by atoms with Crippen molar-refractivity contribution < 1.29 is 9.32 Å². The Morgan fingerprint density at radius 1 is 1.07 bits per heavy atom. The first-order valence-corrected chi connectivity index (χ1v) is 8.37. The maximum absolute atomic E-state index is 12.7. The number of nitrogens with zero attached hydrogens (tertiary/aromatic N) is 5. The van der Waals surface area contributed by atoms with E-state index in [-0.39, 0.29) is 24.2 Å². The molecule has 0 unspecified atom stereocenters. The highest BCUT2D eigenvalue weighted by molar-refractivity contribution is 6.06. The van der Waals surface area contributed by atoms with Crippen molar-refractivity contribution in [2.75, 3.05) is 0 Å². The van der Waals surface area contributed by atoms with Crippen LogP contribution < -0.4 is 5.32 Å². The third kappa shape index (κ3) is 3.37. The lowest BCUT2D eigenvalue weighted by molar-refractivity contribution is 0.0948. The summed E-state index contributed by atoms with van der Waals surface area (Å²) < 4.78 is 5.17. The van der Waals surface area contributed by atoms with E-state index in [1.807, 2.05) is 32.0 Å². The quantitative estimate of drug-likeness (QED) is 0.596. The predicted molar refractivity (Wildman–Crippen MR) is 97.7 cm³/mol. The number of aryl methyl sites for hydroxylation is 2. The topological polar surface area (TPSA) is 107 Å². The van der Waals surface area contributed by atoms with Gasteiger partial charge in [-0.25, -0.2) is 9.97 Å². The Bertz CT molecular complexity index is 1120. The zero-order chi connectivity index (χ0) is 18.8. The summed E-state index contributed by atoms with van der Waals surface area (Å²) in [6.45, 7) is 3.95. The molecule has 0 radical (unpaired) electrons. The Hall–Kier alpha value is -3.68. The smallest absolute Gasteiger partial charge is 0.252 e. The maximum Gasteiger partial charge on any atom is 0.252 e. The van der Waals surface area contributed by atoms with Crippen molar-refractivity contribution in [2.24, 2.45) is 0 Å². The van der Waals surface area contributed by atoms with Gasteiger partial charge in [-0.1, -0.05) is 23.4 Å². The molecule has 1 N–H and O–H groups in total. The van der Waals surface area contributed by atoms with Crippen LogP contribution >= 0.6 is 0 Å². The highest BCUT2D eigenvalue weighted by atomic mass is 16.5. The molecule has 0 spiro atoms. The summed E-state index contributed by atoms with van der Waals surface area (Å²) in [6, 6.07) is 9.25. The summed E-state index contributed by atoms with van der Waals surface area (Å²) in [5, 5.41) is 7.46. The van der Waals surface area contributed by atoms with E-state index in [0.717, 1.165) is 22.2 Å². The van der Waals surface area contributed by atoms with Crippen LogP contribution in [0.4, 0.5) is 0 Å². The van der Waals surface area contributed by atoms with E-state index in [1.54, 1.807) is 24.5 Å². The molecule has 3 aromatic heterocycles. The lowest BCUT2D eigenvalue weighted by Crippen LogP contribution is -2.23. The second-order valence-corrected chi connectivity index (χ2v) is 6.05. The second-order valence-electron chi connectivity index (χ2n) is 6.05. The SMILES string of the molecule is Cc1cc(C(=O)NCc2nc(-c3ncccn3)no2)c2cccc(C)c2n1. The van der Waals surface area contributed by atoms with Crippen LogP contribution in [0, 0.1) is 13.8 Å². The number of para-hydroxylation sites is 1. The Morgan fingerprint density at radius 3 is 2.70 bits per heavy atom. The second kappa shape index (κ2) is 6.91. The van der Waals surface area contributed by atoms with E-state index in [1.165, 1.54) is 0 Å². The molecule has 4 rings (SSSR count). The van der Waals surface area contributed by atoms with Crippen molar-refractivity contribution in [1.82, 2.24) is 30.4 Å². The summed E-state index contributed by atoms with van der Waals surface area (Å²) in [5.41, 5.74) is 3.19. The van der Waals surface area contributed by atoms with Gasteiger partial charge in [0.15, 0.2) is 0 Å². The van der Waals surface area contributed by atoms with Gasteiger partial charge in [0.1, 0.15) is 0 Å². The van der Waals surface area contributed by atoms with Gasteiger partial charge in [-0.3, -0.25) is 9.78 Å². The number of carbonyl (C=O) groups excluding carboxylic acids is 1. The fraction of sp³-hybridized carbons (Fsp3) is 0.158. The normalized spacial score (nSPS) is 10.9. The molecule has 4 aromatic rings. The van der Waals surface area contributed by atoms with Crippen LogP contribution in [0.25, 0.3) is 22.6 Å². The fourth-order valence-corrected chi connectivity index (χ4v) is 2.79. The molecule has 8 heteroatoms. The number of hydrogen-bond donors (Lipinski definition) is 1. The lowest BCUT2D eigenvalue weighted by Gasteiger charge is -2.09. The molecule has 0 atom stereocenters. The van der Waals surface area contributed by atoms with Crippen molar-refractivity contribution in [3.05, 3.63) is 65.4 Å². The van der Waals surface area contributed by atoms with Crippen LogP contribution in [0.1, 0.15) is 27.5 Å². The van der Waals surface area contributed by atoms with E-state index >= 15 is 0 Å². The molecule has 27 heavy (non-hydrogen) atoms. The van der Waals surface area contributed by atoms with Crippen LogP contribution in [-0.4, -0.2) is 31.0 Å². The predicted octanol–water partition coefficient (Wildman–Crippen LogP) is 2.62. The average Bonchev–Trinajstić information content (AvgIpc) is 3.16. The van der Waals surface area contributed by atoms with Crippen molar-refractivity contribution in [2.45, 2.75) is 20.4 Å².